The van der Waals surface area contributed by atoms with Crippen LogP contribution in [0.15, 0.2) is 60.7 Å². The van der Waals surface area contributed by atoms with Crippen molar-refractivity contribution in [3.8, 4) is 11.5 Å². The lowest BCUT2D eigenvalue weighted by atomic mass is 10.0. The second-order valence-corrected chi connectivity index (χ2v) is 7.25. The molecule has 5 heteroatoms. The third-order valence-corrected chi connectivity index (χ3v) is 5.25. The number of para-hydroxylation sites is 1. The zero-order valence-electron chi connectivity index (χ0n) is 15.5. The van der Waals surface area contributed by atoms with Gasteiger partial charge in [0.1, 0.15) is 5.75 Å². The highest BCUT2D eigenvalue weighted by molar-refractivity contribution is 6.33. The van der Waals surface area contributed by atoms with Gasteiger partial charge in [-0.1, -0.05) is 41.9 Å². The summed E-state index contributed by atoms with van der Waals surface area (Å²) in [6, 6.07) is 18.1. The Kier molecular flexibility index (Phi) is 5.79. The van der Waals surface area contributed by atoms with Gasteiger partial charge in [-0.15, -0.1) is 0 Å². The molecule has 3 nitrogen and oxygen atoms in total. The molecular formula is C23H22ClFN2O. The summed E-state index contributed by atoms with van der Waals surface area (Å²) in [6.07, 6.45) is 1.98. The van der Waals surface area contributed by atoms with Gasteiger partial charge < -0.3 is 15.4 Å². The molecule has 3 aromatic rings. The van der Waals surface area contributed by atoms with Crippen LogP contribution in [0.2, 0.25) is 5.02 Å². The Hall–Kier alpha value is -2.56. The first-order chi connectivity index (χ1) is 13.7. The van der Waals surface area contributed by atoms with Crippen LogP contribution in [0.5, 0.6) is 11.5 Å². The number of hydrogen-bond donors (Lipinski definition) is 2. The summed E-state index contributed by atoms with van der Waals surface area (Å²) >= 11 is 6.47. The van der Waals surface area contributed by atoms with Crippen LogP contribution in [0.25, 0.3) is 0 Å². The minimum absolute atomic E-state index is 0.223. The van der Waals surface area contributed by atoms with Gasteiger partial charge in [0.25, 0.3) is 0 Å². The van der Waals surface area contributed by atoms with Gasteiger partial charge in [0.05, 0.1) is 10.7 Å². The van der Waals surface area contributed by atoms with Crippen LogP contribution >= 0.6 is 11.6 Å². The maximum absolute atomic E-state index is 13.7. The monoisotopic (exact) mass is 396 g/mol. The van der Waals surface area contributed by atoms with Crippen LogP contribution in [0.3, 0.4) is 0 Å². The van der Waals surface area contributed by atoms with E-state index in [9.17, 15) is 4.39 Å². The molecule has 2 N–H and O–H groups in total. The molecule has 1 heterocycles. The Morgan fingerprint density at radius 2 is 1.75 bits per heavy atom. The fraction of sp³-hybridized carbons (Fsp3) is 0.217. The quantitative estimate of drug-likeness (QED) is 0.591. The Balaban J connectivity index is 1.45. The molecular weight excluding hydrogens is 375 g/mol. The summed E-state index contributed by atoms with van der Waals surface area (Å²) in [5.74, 6) is 0.453. The van der Waals surface area contributed by atoms with Crippen molar-refractivity contribution in [3.05, 3.63) is 88.2 Å². The van der Waals surface area contributed by atoms with E-state index in [2.05, 4.69) is 16.7 Å². The van der Waals surface area contributed by atoms with Crippen molar-refractivity contribution in [2.75, 3.05) is 18.4 Å². The minimum atomic E-state index is -0.373. The summed E-state index contributed by atoms with van der Waals surface area (Å²) in [7, 11) is 0. The van der Waals surface area contributed by atoms with E-state index < -0.39 is 0 Å². The molecule has 144 valence electrons. The van der Waals surface area contributed by atoms with Crippen molar-refractivity contribution in [1.82, 2.24) is 5.32 Å². The predicted molar refractivity (Wildman–Crippen MR) is 112 cm³/mol. The Morgan fingerprint density at radius 3 is 2.57 bits per heavy atom. The zero-order chi connectivity index (χ0) is 19.3. The largest absolute Gasteiger partial charge is 0.454 e. The van der Waals surface area contributed by atoms with Crippen LogP contribution in [0.1, 0.15) is 16.7 Å². The summed E-state index contributed by atoms with van der Waals surface area (Å²) < 4.78 is 19.3. The first kappa shape index (κ1) is 18.8. The van der Waals surface area contributed by atoms with E-state index in [1.165, 1.54) is 17.2 Å². The van der Waals surface area contributed by atoms with Gasteiger partial charge in [0, 0.05) is 6.54 Å². The van der Waals surface area contributed by atoms with Crippen LogP contribution in [-0.4, -0.2) is 13.1 Å². The lowest BCUT2D eigenvalue weighted by Crippen LogP contribution is -2.16. The van der Waals surface area contributed by atoms with Gasteiger partial charge in [-0.2, -0.15) is 0 Å². The lowest BCUT2D eigenvalue weighted by molar-refractivity contribution is 0.442. The van der Waals surface area contributed by atoms with Crippen molar-refractivity contribution in [1.29, 1.82) is 0 Å². The number of anilines is 1. The molecule has 0 spiro atoms. The second-order valence-electron chi connectivity index (χ2n) is 6.84. The maximum atomic E-state index is 13.7. The third-order valence-electron chi connectivity index (χ3n) is 4.94. The molecule has 0 unspecified atom stereocenters. The molecule has 0 atom stereocenters. The van der Waals surface area contributed by atoms with Gasteiger partial charge in [0.2, 0.25) is 0 Å². The minimum Gasteiger partial charge on any atom is -0.454 e. The molecule has 1 aliphatic heterocycles. The van der Waals surface area contributed by atoms with Crippen LogP contribution in [-0.2, 0) is 19.4 Å². The van der Waals surface area contributed by atoms with Crippen molar-refractivity contribution in [2.24, 2.45) is 0 Å². The van der Waals surface area contributed by atoms with Gasteiger partial charge in [-0.25, -0.2) is 4.39 Å². The van der Waals surface area contributed by atoms with Crippen molar-refractivity contribution in [2.45, 2.75) is 19.4 Å². The molecule has 0 aromatic heterocycles. The van der Waals surface area contributed by atoms with Crippen molar-refractivity contribution in [3.63, 3.8) is 0 Å². The third kappa shape index (κ3) is 4.29. The molecule has 4 rings (SSSR count). The Morgan fingerprint density at radius 1 is 0.964 bits per heavy atom. The number of hydrogen-bond acceptors (Lipinski definition) is 3. The van der Waals surface area contributed by atoms with E-state index in [0.29, 0.717) is 12.3 Å². The Labute approximate surface area is 169 Å². The van der Waals surface area contributed by atoms with E-state index in [0.717, 1.165) is 42.2 Å². The predicted octanol–water partition coefficient (Wildman–Crippen LogP) is 5.57. The molecule has 0 radical (unpaired) electrons. The fourth-order valence-electron chi connectivity index (χ4n) is 3.46. The number of nitrogens with one attached hydrogen (secondary N) is 2. The summed E-state index contributed by atoms with van der Waals surface area (Å²) in [6.45, 7) is 2.62. The molecule has 3 aromatic carbocycles. The maximum Gasteiger partial charge on any atom is 0.165 e. The lowest BCUT2D eigenvalue weighted by Gasteiger charge is -2.16. The number of halogens is 2. The molecule has 0 fully saturated rings. The molecule has 0 saturated carbocycles. The molecule has 0 saturated heterocycles. The first-order valence-electron chi connectivity index (χ1n) is 9.47. The number of ether oxygens (including phenoxy) is 1. The van der Waals surface area contributed by atoms with E-state index >= 15 is 0 Å². The van der Waals surface area contributed by atoms with Gasteiger partial charge >= 0.3 is 0 Å². The van der Waals surface area contributed by atoms with Gasteiger partial charge in [-0.3, -0.25) is 0 Å². The van der Waals surface area contributed by atoms with Crippen LogP contribution in [0, 0.1) is 5.82 Å². The molecule has 0 aliphatic carbocycles. The van der Waals surface area contributed by atoms with Crippen LogP contribution in [0.4, 0.5) is 10.1 Å². The van der Waals surface area contributed by atoms with Crippen molar-refractivity contribution >= 4 is 17.3 Å². The van der Waals surface area contributed by atoms with E-state index in [1.54, 1.807) is 18.2 Å². The average Bonchev–Trinajstić information content (AvgIpc) is 2.96. The second kappa shape index (κ2) is 8.63. The molecule has 0 bridgehead atoms. The molecule has 1 aliphatic rings. The number of fused-ring (bicyclic) bond motifs is 1. The Bertz CT molecular complexity index is 959. The van der Waals surface area contributed by atoms with E-state index in [-0.39, 0.29) is 11.6 Å². The normalized spacial score (nSPS) is 13.5. The number of rotatable bonds is 5. The highest BCUT2D eigenvalue weighted by Gasteiger charge is 2.14. The smallest absolute Gasteiger partial charge is 0.165 e. The van der Waals surface area contributed by atoms with Crippen LogP contribution < -0.4 is 15.4 Å². The molecule has 28 heavy (non-hydrogen) atoms. The highest BCUT2D eigenvalue weighted by Crippen LogP contribution is 2.31. The first-order valence-corrected chi connectivity index (χ1v) is 9.84. The zero-order valence-corrected chi connectivity index (χ0v) is 16.2. The van der Waals surface area contributed by atoms with E-state index in [1.807, 2.05) is 30.3 Å². The fourth-order valence-corrected chi connectivity index (χ4v) is 3.70. The SMILES string of the molecule is Fc1ccccc1Oc1ccc(CNc2c(Cl)ccc3c2CCNCC3)cc1. The summed E-state index contributed by atoms with van der Waals surface area (Å²) in [5.41, 5.74) is 4.78. The highest BCUT2D eigenvalue weighted by atomic mass is 35.5. The van der Waals surface area contributed by atoms with Gasteiger partial charge in [-0.05, 0) is 73.0 Å². The number of benzene rings is 3. The summed E-state index contributed by atoms with van der Waals surface area (Å²) in [4.78, 5) is 0. The van der Waals surface area contributed by atoms with E-state index in [4.69, 9.17) is 16.3 Å². The van der Waals surface area contributed by atoms with Crippen molar-refractivity contribution < 1.29 is 9.13 Å². The average molecular weight is 397 g/mol. The summed E-state index contributed by atoms with van der Waals surface area (Å²) in [5, 5.41) is 7.69. The molecule has 0 amide bonds. The standard InChI is InChI=1S/C23H22ClFN2O/c24-20-10-7-17-11-13-26-14-12-19(17)23(20)27-15-16-5-8-18(9-6-16)28-22-4-2-1-3-21(22)25/h1-10,26-27H,11-15H2. The van der Waals surface area contributed by atoms with Gasteiger partial charge in [0.15, 0.2) is 11.6 Å². The topological polar surface area (TPSA) is 33.3 Å².